The molecule has 3 N–H and O–H groups in total. The van der Waals surface area contributed by atoms with Crippen molar-refractivity contribution >= 4 is 23.3 Å². The normalized spacial score (nSPS) is 10.0. The number of anilines is 1. The minimum atomic E-state index is -0.585. The van der Waals surface area contributed by atoms with E-state index in [1.165, 1.54) is 0 Å². The Hall–Kier alpha value is -1.43. The lowest BCUT2D eigenvalue weighted by atomic mass is 10.3. The second-order valence-corrected chi connectivity index (χ2v) is 3.17. The van der Waals surface area contributed by atoms with E-state index in [2.05, 4.69) is 15.3 Å². The Morgan fingerprint density at radius 1 is 1.67 bits per heavy atom. The van der Waals surface area contributed by atoms with Crippen molar-refractivity contribution in [3.05, 3.63) is 17.3 Å². The van der Waals surface area contributed by atoms with E-state index in [1.54, 1.807) is 0 Å². The number of carbonyl (C=O) groups is 1. The molecular weight excluding hydrogens is 223 g/mol. The van der Waals surface area contributed by atoms with Gasteiger partial charge in [-0.25, -0.2) is 9.37 Å². The fraction of sp³-hybridized carbons (Fsp3) is 0.375. The van der Waals surface area contributed by atoms with Crippen molar-refractivity contribution in [1.29, 1.82) is 0 Å². The number of rotatable bonds is 5. The molecule has 0 bridgehead atoms. The molecule has 15 heavy (non-hydrogen) atoms. The standard InChI is InChI=1S/C8H10ClFN4O/c9-8-13-4-5(10)7(14-8)12-3-1-2-6(11)15/h4H,1-3H2,(H2,11,15)(H,12,13,14). The summed E-state index contributed by atoms with van der Waals surface area (Å²) >= 11 is 5.48. The van der Waals surface area contributed by atoms with Gasteiger partial charge in [-0.2, -0.15) is 4.98 Å². The van der Waals surface area contributed by atoms with Gasteiger partial charge in [0.05, 0.1) is 6.20 Å². The van der Waals surface area contributed by atoms with Gasteiger partial charge in [0.25, 0.3) is 0 Å². The van der Waals surface area contributed by atoms with E-state index in [1.807, 2.05) is 0 Å². The van der Waals surface area contributed by atoms with Crippen molar-refractivity contribution in [2.24, 2.45) is 5.73 Å². The van der Waals surface area contributed by atoms with E-state index in [0.29, 0.717) is 13.0 Å². The fourth-order valence-electron chi connectivity index (χ4n) is 0.939. The van der Waals surface area contributed by atoms with Crippen LogP contribution in [0.2, 0.25) is 5.28 Å². The van der Waals surface area contributed by atoms with Gasteiger partial charge in [-0.15, -0.1) is 0 Å². The second-order valence-electron chi connectivity index (χ2n) is 2.83. The lowest BCUT2D eigenvalue weighted by Gasteiger charge is -2.05. The first-order chi connectivity index (χ1) is 7.09. The number of carbonyl (C=O) groups excluding carboxylic acids is 1. The van der Waals surface area contributed by atoms with Crippen molar-refractivity contribution < 1.29 is 9.18 Å². The number of hydrogen-bond donors (Lipinski definition) is 2. The van der Waals surface area contributed by atoms with Crippen LogP contribution in [0.15, 0.2) is 6.20 Å². The molecule has 5 nitrogen and oxygen atoms in total. The SMILES string of the molecule is NC(=O)CCCNc1nc(Cl)ncc1F. The number of nitrogens with one attached hydrogen (secondary N) is 1. The molecule has 0 aliphatic carbocycles. The topological polar surface area (TPSA) is 80.9 Å². The minimum Gasteiger partial charge on any atom is -0.370 e. The Kier molecular flexibility index (Phi) is 4.23. The predicted octanol–water partition coefficient (Wildman–Crippen LogP) is 0.946. The van der Waals surface area contributed by atoms with Gasteiger partial charge in [0.2, 0.25) is 11.2 Å². The molecule has 82 valence electrons. The Bertz CT molecular complexity index is 360. The molecule has 1 aromatic heterocycles. The summed E-state index contributed by atoms with van der Waals surface area (Å²) in [5, 5.41) is 2.66. The van der Waals surface area contributed by atoms with Gasteiger partial charge in [-0.05, 0) is 18.0 Å². The van der Waals surface area contributed by atoms with Crippen LogP contribution in [0, 0.1) is 5.82 Å². The van der Waals surface area contributed by atoms with Crippen LogP contribution in [0.1, 0.15) is 12.8 Å². The minimum absolute atomic E-state index is 0.0273. The molecule has 0 unspecified atom stereocenters. The fourth-order valence-corrected chi connectivity index (χ4v) is 1.07. The zero-order chi connectivity index (χ0) is 11.3. The second kappa shape index (κ2) is 5.45. The van der Waals surface area contributed by atoms with E-state index in [0.717, 1.165) is 6.20 Å². The van der Waals surface area contributed by atoms with Crippen LogP contribution >= 0.6 is 11.6 Å². The van der Waals surface area contributed by atoms with Crippen LogP contribution in [0.3, 0.4) is 0 Å². The summed E-state index contributed by atoms with van der Waals surface area (Å²) in [7, 11) is 0. The highest BCUT2D eigenvalue weighted by molar-refractivity contribution is 6.28. The third-order valence-corrected chi connectivity index (χ3v) is 1.79. The highest BCUT2D eigenvalue weighted by Crippen LogP contribution is 2.11. The maximum atomic E-state index is 13.0. The summed E-state index contributed by atoms with van der Waals surface area (Å²) in [6, 6.07) is 0. The third-order valence-electron chi connectivity index (χ3n) is 1.61. The summed E-state index contributed by atoms with van der Waals surface area (Å²) in [5.41, 5.74) is 4.94. The zero-order valence-corrected chi connectivity index (χ0v) is 8.59. The number of amides is 1. The molecule has 0 aromatic carbocycles. The largest absolute Gasteiger partial charge is 0.370 e. The average molecular weight is 233 g/mol. The van der Waals surface area contributed by atoms with E-state index < -0.39 is 11.7 Å². The lowest BCUT2D eigenvalue weighted by molar-refractivity contribution is -0.118. The smallest absolute Gasteiger partial charge is 0.224 e. The van der Waals surface area contributed by atoms with E-state index in [4.69, 9.17) is 17.3 Å². The average Bonchev–Trinajstić information content (AvgIpc) is 2.17. The summed E-state index contributed by atoms with van der Waals surface area (Å²) in [6.45, 7) is 0.396. The first kappa shape index (κ1) is 11.6. The molecule has 1 amide bonds. The van der Waals surface area contributed by atoms with Crippen LogP contribution < -0.4 is 11.1 Å². The highest BCUT2D eigenvalue weighted by Gasteiger charge is 2.04. The number of halogens is 2. The highest BCUT2D eigenvalue weighted by atomic mass is 35.5. The van der Waals surface area contributed by atoms with Crippen molar-refractivity contribution in [2.75, 3.05) is 11.9 Å². The molecule has 0 atom stereocenters. The predicted molar refractivity (Wildman–Crippen MR) is 53.9 cm³/mol. The quantitative estimate of drug-likeness (QED) is 0.585. The molecule has 0 spiro atoms. The Balaban J connectivity index is 2.43. The van der Waals surface area contributed by atoms with Gasteiger partial charge in [0.1, 0.15) is 0 Å². The molecule has 1 heterocycles. The van der Waals surface area contributed by atoms with Gasteiger partial charge in [0.15, 0.2) is 11.6 Å². The van der Waals surface area contributed by atoms with Crippen LogP contribution in [-0.2, 0) is 4.79 Å². The molecule has 0 radical (unpaired) electrons. The van der Waals surface area contributed by atoms with E-state index in [9.17, 15) is 9.18 Å². The summed E-state index contributed by atoms with van der Waals surface area (Å²) in [5.74, 6) is -0.948. The maximum absolute atomic E-state index is 13.0. The van der Waals surface area contributed by atoms with E-state index >= 15 is 0 Å². The number of primary amides is 1. The monoisotopic (exact) mass is 232 g/mol. The summed E-state index contributed by atoms with van der Waals surface area (Å²) < 4.78 is 13.0. The van der Waals surface area contributed by atoms with Crippen molar-refractivity contribution in [3.8, 4) is 0 Å². The van der Waals surface area contributed by atoms with Gasteiger partial charge in [-0.1, -0.05) is 0 Å². The van der Waals surface area contributed by atoms with Crippen LogP contribution in [-0.4, -0.2) is 22.4 Å². The molecular formula is C8H10ClFN4O. The van der Waals surface area contributed by atoms with Crippen LogP contribution in [0.5, 0.6) is 0 Å². The van der Waals surface area contributed by atoms with Gasteiger partial charge in [-0.3, -0.25) is 4.79 Å². The summed E-state index contributed by atoms with van der Waals surface area (Å²) in [6.07, 6.45) is 1.73. The maximum Gasteiger partial charge on any atom is 0.224 e. The van der Waals surface area contributed by atoms with Gasteiger partial charge in [0, 0.05) is 13.0 Å². The third kappa shape index (κ3) is 4.07. The number of hydrogen-bond acceptors (Lipinski definition) is 4. The molecule has 0 aliphatic rings. The molecule has 7 heteroatoms. The van der Waals surface area contributed by atoms with Crippen molar-refractivity contribution in [2.45, 2.75) is 12.8 Å². The Morgan fingerprint density at radius 3 is 3.07 bits per heavy atom. The van der Waals surface area contributed by atoms with Crippen LogP contribution in [0.4, 0.5) is 10.2 Å². The Labute approximate surface area is 90.9 Å². The molecule has 0 fully saturated rings. The molecule has 1 aromatic rings. The number of aromatic nitrogens is 2. The molecule has 0 saturated carbocycles. The first-order valence-corrected chi connectivity index (χ1v) is 4.67. The van der Waals surface area contributed by atoms with Gasteiger partial charge < -0.3 is 11.1 Å². The molecule has 1 rings (SSSR count). The molecule has 0 saturated heterocycles. The van der Waals surface area contributed by atoms with Crippen molar-refractivity contribution in [1.82, 2.24) is 9.97 Å². The zero-order valence-electron chi connectivity index (χ0n) is 7.83. The molecule has 0 aliphatic heterocycles. The lowest BCUT2D eigenvalue weighted by Crippen LogP contribution is -2.13. The van der Waals surface area contributed by atoms with Crippen LogP contribution in [0.25, 0.3) is 0 Å². The number of nitrogens with zero attached hydrogens (tertiary/aromatic N) is 2. The summed E-state index contributed by atoms with van der Waals surface area (Å²) in [4.78, 5) is 17.5. The number of nitrogens with two attached hydrogens (primary N) is 1. The Morgan fingerprint density at radius 2 is 2.40 bits per heavy atom. The van der Waals surface area contributed by atoms with Crippen molar-refractivity contribution in [3.63, 3.8) is 0 Å². The van der Waals surface area contributed by atoms with Gasteiger partial charge >= 0.3 is 0 Å². The first-order valence-electron chi connectivity index (χ1n) is 4.30. The van der Waals surface area contributed by atoms with E-state index in [-0.39, 0.29) is 17.5 Å².